The van der Waals surface area contributed by atoms with E-state index in [1.807, 2.05) is 0 Å². The quantitative estimate of drug-likeness (QED) is 0.751. The first-order chi connectivity index (χ1) is 12.6. The fourth-order valence-corrected chi connectivity index (χ4v) is 6.88. The maximum absolute atomic E-state index is 12.3. The third-order valence-electron chi connectivity index (χ3n) is 6.58. The van der Waals surface area contributed by atoms with Crippen LogP contribution in [0.3, 0.4) is 0 Å². The van der Waals surface area contributed by atoms with E-state index in [1.54, 1.807) is 6.07 Å². The van der Waals surface area contributed by atoms with Gasteiger partial charge in [-0.25, -0.2) is 16.8 Å². The monoisotopic (exact) mass is 412 g/mol. The number of fused-ring (bicyclic) bond motifs is 2. The number of anilines is 1. The lowest BCUT2D eigenvalue weighted by Gasteiger charge is -2.42. The highest BCUT2D eigenvalue weighted by molar-refractivity contribution is 7.91. The standard InChI is InChI=1S/C19H28N2O4S2/c1-26(22,23)16-5-6-17(19(13-16)27(2,24)25)20-7-9-21(10-8-20)18-12-14-3-4-15(18)11-14/h5-6,13-15,18H,3-4,7-12H2,1-2H3. The molecular formula is C19H28N2O4S2. The van der Waals surface area contributed by atoms with Crippen LogP contribution in [0.5, 0.6) is 0 Å². The third-order valence-corrected chi connectivity index (χ3v) is 8.82. The molecule has 27 heavy (non-hydrogen) atoms. The number of sulfone groups is 2. The molecule has 1 aliphatic heterocycles. The molecule has 3 unspecified atom stereocenters. The maximum Gasteiger partial charge on any atom is 0.177 e. The second-order valence-electron chi connectivity index (χ2n) is 8.44. The summed E-state index contributed by atoms with van der Waals surface area (Å²) in [4.78, 5) is 4.84. The highest BCUT2D eigenvalue weighted by Gasteiger charge is 2.42. The Kier molecular flexibility index (Phi) is 4.79. The van der Waals surface area contributed by atoms with Gasteiger partial charge in [-0.3, -0.25) is 4.90 Å². The second kappa shape index (κ2) is 6.74. The minimum absolute atomic E-state index is 0.0484. The predicted molar refractivity (Wildman–Crippen MR) is 106 cm³/mol. The molecule has 1 aromatic carbocycles. The lowest BCUT2D eigenvalue weighted by molar-refractivity contribution is 0.135. The van der Waals surface area contributed by atoms with Crippen LogP contribution in [0.4, 0.5) is 5.69 Å². The van der Waals surface area contributed by atoms with Crippen molar-refractivity contribution in [2.24, 2.45) is 11.8 Å². The van der Waals surface area contributed by atoms with Gasteiger partial charge in [-0.2, -0.15) is 0 Å². The lowest BCUT2D eigenvalue weighted by atomic mass is 9.93. The minimum Gasteiger partial charge on any atom is -0.368 e. The molecule has 0 N–H and O–H groups in total. The van der Waals surface area contributed by atoms with Gasteiger partial charge >= 0.3 is 0 Å². The van der Waals surface area contributed by atoms with Crippen LogP contribution in [0.2, 0.25) is 0 Å². The van der Waals surface area contributed by atoms with E-state index in [0.29, 0.717) is 11.7 Å². The second-order valence-corrected chi connectivity index (χ2v) is 12.4. The van der Waals surface area contributed by atoms with Gasteiger partial charge in [0.25, 0.3) is 0 Å². The highest BCUT2D eigenvalue weighted by Crippen LogP contribution is 2.46. The highest BCUT2D eigenvalue weighted by atomic mass is 32.2. The molecule has 1 saturated heterocycles. The first kappa shape index (κ1) is 19.2. The minimum atomic E-state index is -3.52. The maximum atomic E-state index is 12.3. The molecule has 3 fully saturated rings. The molecule has 0 spiro atoms. The summed E-state index contributed by atoms with van der Waals surface area (Å²) in [5.41, 5.74) is 0.623. The summed E-state index contributed by atoms with van der Waals surface area (Å²) in [6, 6.07) is 5.18. The molecule has 6 nitrogen and oxygen atoms in total. The van der Waals surface area contributed by atoms with Crippen molar-refractivity contribution in [3.8, 4) is 0 Å². The Morgan fingerprint density at radius 1 is 0.889 bits per heavy atom. The van der Waals surface area contributed by atoms with Crippen LogP contribution in [0, 0.1) is 11.8 Å². The van der Waals surface area contributed by atoms with Crippen LogP contribution in [0.1, 0.15) is 25.7 Å². The number of benzene rings is 1. The molecule has 3 atom stereocenters. The number of piperazine rings is 1. The summed E-state index contributed by atoms with van der Waals surface area (Å²) in [7, 11) is -6.97. The molecule has 1 heterocycles. The van der Waals surface area contributed by atoms with Gasteiger partial charge in [0.15, 0.2) is 19.7 Å². The van der Waals surface area contributed by atoms with E-state index in [-0.39, 0.29) is 9.79 Å². The van der Waals surface area contributed by atoms with Crippen LogP contribution in [-0.4, -0.2) is 66.5 Å². The molecule has 0 radical (unpaired) electrons. The van der Waals surface area contributed by atoms with Crippen molar-refractivity contribution in [3.63, 3.8) is 0 Å². The van der Waals surface area contributed by atoms with Crippen LogP contribution < -0.4 is 4.90 Å². The van der Waals surface area contributed by atoms with Crippen molar-refractivity contribution in [1.29, 1.82) is 0 Å². The van der Waals surface area contributed by atoms with Crippen LogP contribution in [-0.2, 0) is 19.7 Å². The van der Waals surface area contributed by atoms with Gasteiger partial charge in [-0.15, -0.1) is 0 Å². The van der Waals surface area contributed by atoms with Crippen molar-refractivity contribution in [3.05, 3.63) is 18.2 Å². The zero-order valence-electron chi connectivity index (χ0n) is 16.0. The van der Waals surface area contributed by atoms with Crippen molar-refractivity contribution in [2.45, 2.75) is 41.5 Å². The third kappa shape index (κ3) is 3.76. The lowest BCUT2D eigenvalue weighted by Crippen LogP contribution is -2.52. The molecule has 150 valence electrons. The molecular weight excluding hydrogens is 384 g/mol. The van der Waals surface area contributed by atoms with Gasteiger partial charge in [0, 0.05) is 44.7 Å². The summed E-state index contributed by atoms with van der Waals surface area (Å²) in [5, 5.41) is 0. The Balaban J connectivity index is 1.54. The molecule has 0 amide bonds. The van der Waals surface area contributed by atoms with Crippen molar-refractivity contribution >= 4 is 25.4 Å². The summed E-state index contributed by atoms with van der Waals surface area (Å²) in [5.74, 6) is 1.76. The first-order valence-electron chi connectivity index (χ1n) is 9.66. The number of hydrogen-bond donors (Lipinski definition) is 0. The molecule has 8 heteroatoms. The Morgan fingerprint density at radius 3 is 2.11 bits per heavy atom. The van der Waals surface area contributed by atoms with E-state index in [4.69, 9.17) is 0 Å². The first-order valence-corrected chi connectivity index (χ1v) is 13.4. The van der Waals surface area contributed by atoms with E-state index >= 15 is 0 Å². The molecule has 3 aliphatic rings. The fourth-order valence-electron chi connectivity index (χ4n) is 5.24. The average molecular weight is 413 g/mol. The molecule has 4 rings (SSSR count). The molecule has 2 saturated carbocycles. The van der Waals surface area contributed by atoms with Crippen LogP contribution in [0.15, 0.2) is 28.0 Å². The Labute approximate surface area is 162 Å². The van der Waals surface area contributed by atoms with Gasteiger partial charge in [-0.05, 0) is 49.3 Å². The SMILES string of the molecule is CS(=O)(=O)c1ccc(N2CCN(C3CC4CCC3C4)CC2)c(S(C)(=O)=O)c1. The van der Waals surface area contributed by atoms with E-state index in [9.17, 15) is 16.8 Å². The topological polar surface area (TPSA) is 74.8 Å². The van der Waals surface area contributed by atoms with Crippen molar-refractivity contribution in [1.82, 2.24) is 4.90 Å². The van der Waals surface area contributed by atoms with Gasteiger partial charge in [0.1, 0.15) is 0 Å². The predicted octanol–water partition coefficient (Wildman–Crippen LogP) is 1.80. The van der Waals surface area contributed by atoms with E-state index in [0.717, 1.165) is 50.5 Å². The Hall–Kier alpha value is -1.12. The van der Waals surface area contributed by atoms with E-state index in [2.05, 4.69) is 9.80 Å². The largest absolute Gasteiger partial charge is 0.368 e. The van der Waals surface area contributed by atoms with E-state index in [1.165, 1.54) is 37.8 Å². The van der Waals surface area contributed by atoms with Gasteiger partial charge in [-0.1, -0.05) is 6.42 Å². The van der Waals surface area contributed by atoms with Crippen molar-refractivity contribution in [2.75, 3.05) is 43.6 Å². The number of nitrogens with zero attached hydrogens (tertiary/aromatic N) is 2. The van der Waals surface area contributed by atoms with Gasteiger partial charge in [0.05, 0.1) is 15.5 Å². The van der Waals surface area contributed by atoms with Crippen LogP contribution in [0.25, 0.3) is 0 Å². The smallest absolute Gasteiger partial charge is 0.177 e. The average Bonchev–Trinajstić information content (AvgIpc) is 3.23. The van der Waals surface area contributed by atoms with Gasteiger partial charge in [0.2, 0.25) is 0 Å². The fraction of sp³-hybridized carbons (Fsp3) is 0.684. The number of rotatable bonds is 4. The zero-order chi connectivity index (χ0) is 19.4. The Morgan fingerprint density at radius 2 is 1.59 bits per heavy atom. The van der Waals surface area contributed by atoms with Gasteiger partial charge < -0.3 is 4.90 Å². The summed E-state index contributed by atoms with van der Waals surface area (Å²) < 4.78 is 48.3. The molecule has 0 aromatic heterocycles. The molecule has 1 aromatic rings. The van der Waals surface area contributed by atoms with E-state index < -0.39 is 19.7 Å². The van der Waals surface area contributed by atoms with Crippen LogP contribution >= 0.6 is 0 Å². The van der Waals surface area contributed by atoms with Crippen molar-refractivity contribution < 1.29 is 16.8 Å². The summed E-state index contributed by atoms with van der Waals surface area (Å²) in [6.45, 7) is 3.42. The molecule has 2 bridgehead atoms. The summed E-state index contributed by atoms with van der Waals surface area (Å²) in [6.07, 6.45) is 7.70. The normalized spacial score (nSPS) is 29.4. The summed E-state index contributed by atoms with van der Waals surface area (Å²) >= 11 is 0. The molecule has 2 aliphatic carbocycles. The zero-order valence-corrected chi connectivity index (χ0v) is 17.6. The Bertz CT molecular complexity index is 934. The number of hydrogen-bond acceptors (Lipinski definition) is 6.